The number of nitrogens with two attached hydrogens (primary N) is 1. The topological polar surface area (TPSA) is 64.1 Å². The number of hydrogen-bond acceptors (Lipinski definition) is 3. The van der Waals surface area contributed by atoms with Crippen LogP contribution in [0.3, 0.4) is 0 Å². The third kappa shape index (κ3) is 2.38. The first kappa shape index (κ1) is 10.6. The molecule has 1 heterocycles. The number of rotatable bonds is 3. The smallest absolute Gasteiger partial charge is 0.0952 e. The second-order valence-corrected chi connectivity index (χ2v) is 4.33. The summed E-state index contributed by atoms with van der Waals surface area (Å²) in [5, 5.41) is 8.93. The van der Waals surface area contributed by atoms with E-state index in [4.69, 9.17) is 10.8 Å². The summed E-state index contributed by atoms with van der Waals surface area (Å²) < 4.78 is 2.16. The molecule has 84 valence electrons. The Bertz CT molecular complexity index is 305. The second-order valence-electron chi connectivity index (χ2n) is 4.33. The van der Waals surface area contributed by atoms with Crippen LogP contribution >= 0.6 is 0 Å². The zero-order chi connectivity index (χ0) is 10.7. The molecule has 1 saturated carbocycles. The number of aliphatic hydroxyl groups excluding tert-OH is 1. The number of hydrogen-bond donors (Lipinski definition) is 2. The quantitative estimate of drug-likeness (QED) is 0.790. The molecule has 4 nitrogen and oxygen atoms in total. The Morgan fingerprint density at radius 3 is 2.87 bits per heavy atom. The maximum Gasteiger partial charge on any atom is 0.0952 e. The average Bonchev–Trinajstić information content (AvgIpc) is 2.78. The molecule has 1 unspecified atom stereocenters. The fourth-order valence-corrected chi connectivity index (χ4v) is 2.22. The third-order valence-corrected chi connectivity index (χ3v) is 3.19. The molecular weight excluding hydrogens is 190 g/mol. The van der Waals surface area contributed by atoms with Gasteiger partial charge in [-0.25, -0.2) is 4.98 Å². The van der Waals surface area contributed by atoms with E-state index in [1.54, 1.807) is 0 Å². The molecule has 0 amide bonds. The largest absolute Gasteiger partial charge is 0.394 e. The van der Waals surface area contributed by atoms with E-state index in [0.29, 0.717) is 6.04 Å². The molecule has 0 bridgehead atoms. The van der Waals surface area contributed by atoms with Gasteiger partial charge in [-0.2, -0.15) is 0 Å². The van der Waals surface area contributed by atoms with Gasteiger partial charge in [-0.05, 0) is 12.8 Å². The van der Waals surface area contributed by atoms with Crippen molar-refractivity contribution < 1.29 is 5.11 Å². The SMILES string of the molecule is NC(CO)c1cn(C2CCCCC2)cn1. The Labute approximate surface area is 90.1 Å². The van der Waals surface area contributed by atoms with Crippen LogP contribution in [0.2, 0.25) is 0 Å². The Hall–Kier alpha value is -0.870. The van der Waals surface area contributed by atoms with Gasteiger partial charge in [0.1, 0.15) is 0 Å². The molecule has 1 aromatic heterocycles. The summed E-state index contributed by atoms with van der Waals surface area (Å²) in [5.41, 5.74) is 6.51. The molecule has 0 aromatic carbocycles. The van der Waals surface area contributed by atoms with Gasteiger partial charge in [0.25, 0.3) is 0 Å². The highest BCUT2D eigenvalue weighted by Gasteiger charge is 2.16. The lowest BCUT2D eigenvalue weighted by atomic mass is 9.95. The van der Waals surface area contributed by atoms with Crippen molar-refractivity contribution in [1.29, 1.82) is 0 Å². The minimum Gasteiger partial charge on any atom is -0.394 e. The van der Waals surface area contributed by atoms with Crippen molar-refractivity contribution in [2.75, 3.05) is 6.61 Å². The lowest BCUT2D eigenvalue weighted by molar-refractivity contribution is 0.266. The monoisotopic (exact) mass is 209 g/mol. The highest BCUT2D eigenvalue weighted by Crippen LogP contribution is 2.28. The van der Waals surface area contributed by atoms with Gasteiger partial charge in [0, 0.05) is 12.2 Å². The predicted octanol–water partition coefficient (Wildman–Crippen LogP) is 1.38. The maximum atomic E-state index is 8.93. The molecule has 0 spiro atoms. The van der Waals surface area contributed by atoms with Crippen LogP contribution < -0.4 is 5.73 Å². The Balaban J connectivity index is 2.05. The maximum absolute atomic E-state index is 8.93. The second kappa shape index (κ2) is 4.77. The summed E-state index contributed by atoms with van der Waals surface area (Å²) in [6.45, 7) is -0.0400. The van der Waals surface area contributed by atoms with Crippen LogP contribution in [0.4, 0.5) is 0 Å². The van der Waals surface area contributed by atoms with Crippen LogP contribution in [0.1, 0.15) is 49.9 Å². The summed E-state index contributed by atoms with van der Waals surface area (Å²) >= 11 is 0. The lowest BCUT2D eigenvalue weighted by Crippen LogP contribution is -2.15. The van der Waals surface area contributed by atoms with Crippen LogP contribution in [0.5, 0.6) is 0 Å². The van der Waals surface area contributed by atoms with Crippen molar-refractivity contribution in [3.05, 3.63) is 18.2 Å². The van der Waals surface area contributed by atoms with Crippen LogP contribution in [-0.4, -0.2) is 21.3 Å². The van der Waals surface area contributed by atoms with E-state index < -0.39 is 0 Å². The van der Waals surface area contributed by atoms with Crippen molar-refractivity contribution in [2.24, 2.45) is 5.73 Å². The normalized spacial score (nSPS) is 20.4. The summed E-state index contributed by atoms with van der Waals surface area (Å²) in [6, 6.07) is 0.251. The molecular formula is C11H19N3O. The summed E-state index contributed by atoms with van der Waals surface area (Å²) in [4.78, 5) is 4.24. The van der Waals surface area contributed by atoms with Crippen molar-refractivity contribution in [3.63, 3.8) is 0 Å². The van der Waals surface area contributed by atoms with Crippen molar-refractivity contribution in [1.82, 2.24) is 9.55 Å². The van der Waals surface area contributed by atoms with E-state index in [-0.39, 0.29) is 12.6 Å². The van der Waals surface area contributed by atoms with E-state index >= 15 is 0 Å². The van der Waals surface area contributed by atoms with Crippen molar-refractivity contribution >= 4 is 0 Å². The lowest BCUT2D eigenvalue weighted by Gasteiger charge is -2.22. The fourth-order valence-electron chi connectivity index (χ4n) is 2.22. The zero-order valence-corrected chi connectivity index (χ0v) is 8.97. The van der Waals surface area contributed by atoms with E-state index in [1.807, 2.05) is 12.5 Å². The van der Waals surface area contributed by atoms with E-state index in [2.05, 4.69) is 9.55 Å². The molecule has 0 radical (unpaired) electrons. The van der Waals surface area contributed by atoms with E-state index in [1.165, 1.54) is 32.1 Å². The number of imidazole rings is 1. The van der Waals surface area contributed by atoms with Crippen LogP contribution in [0.25, 0.3) is 0 Å². The van der Waals surface area contributed by atoms with Gasteiger partial charge in [-0.1, -0.05) is 19.3 Å². The molecule has 1 aliphatic carbocycles. The third-order valence-electron chi connectivity index (χ3n) is 3.19. The number of aromatic nitrogens is 2. The summed E-state index contributed by atoms with van der Waals surface area (Å²) in [5.74, 6) is 0. The number of aliphatic hydroxyl groups is 1. The van der Waals surface area contributed by atoms with Gasteiger partial charge in [0.2, 0.25) is 0 Å². The molecule has 1 fully saturated rings. The van der Waals surface area contributed by atoms with Gasteiger partial charge in [0.15, 0.2) is 0 Å². The highest BCUT2D eigenvalue weighted by molar-refractivity contribution is 5.04. The summed E-state index contributed by atoms with van der Waals surface area (Å²) in [7, 11) is 0. The molecule has 0 aliphatic heterocycles. The van der Waals surface area contributed by atoms with E-state index in [0.717, 1.165) is 5.69 Å². The molecule has 3 N–H and O–H groups in total. The minimum atomic E-state index is -0.338. The Morgan fingerprint density at radius 1 is 1.47 bits per heavy atom. The van der Waals surface area contributed by atoms with Gasteiger partial charge in [-0.3, -0.25) is 0 Å². The van der Waals surface area contributed by atoms with Gasteiger partial charge in [0.05, 0.1) is 24.7 Å². The van der Waals surface area contributed by atoms with Crippen molar-refractivity contribution in [2.45, 2.75) is 44.2 Å². The molecule has 1 aromatic rings. The summed E-state index contributed by atoms with van der Waals surface area (Å²) in [6.07, 6.45) is 10.3. The minimum absolute atomic E-state index is 0.0400. The molecule has 15 heavy (non-hydrogen) atoms. The van der Waals surface area contributed by atoms with Gasteiger partial charge in [-0.15, -0.1) is 0 Å². The predicted molar refractivity (Wildman–Crippen MR) is 58.4 cm³/mol. The van der Waals surface area contributed by atoms with Crippen LogP contribution in [0, 0.1) is 0 Å². The molecule has 1 atom stereocenters. The standard InChI is InChI=1S/C11H19N3O/c12-10(7-15)11-6-14(8-13-11)9-4-2-1-3-5-9/h6,8-10,15H,1-5,7,12H2. The van der Waals surface area contributed by atoms with E-state index in [9.17, 15) is 0 Å². The first-order valence-electron chi connectivity index (χ1n) is 5.71. The van der Waals surface area contributed by atoms with Crippen LogP contribution in [-0.2, 0) is 0 Å². The average molecular weight is 209 g/mol. The molecule has 2 rings (SSSR count). The molecule has 4 heteroatoms. The zero-order valence-electron chi connectivity index (χ0n) is 8.97. The molecule has 1 aliphatic rings. The van der Waals surface area contributed by atoms with Crippen molar-refractivity contribution in [3.8, 4) is 0 Å². The highest BCUT2D eigenvalue weighted by atomic mass is 16.3. The number of nitrogens with zero attached hydrogens (tertiary/aromatic N) is 2. The Morgan fingerprint density at radius 2 is 2.20 bits per heavy atom. The first-order chi connectivity index (χ1) is 7.31. The Kier molecular flexibility index (Phi) is 3.38. The van der Waals surface area contributed by atoms with Gasteiger partial charge < -0.3 is 15.4 Å². The fraction of sp³-hybridized carbons (Fsp3) is 0.727. The first-order valence-corrected chi connectivity index (χ1v) is 5.71. The molecule has 0 saturated heterocycles. The van der Waals surface area contributed by atoms with Gasteiger partial charge >= 0.3 is 0 Å². The van der Waals surface area contributed by atoms with Crippen LogP contribution in [0.15, 0.2) is 12.5 Å².